The summed E-state index contributed by atoms with van der Waals surface area (Å²) in [6.45, 7) is 2.06. The molecule has 0 N–H and O–H groups in total. The molecular weight excluding hydrogens is 515 g/mol. The minimum atomic E-state index is 1.24. The molecule has 0 bridgehead atoms. The third-order valence-electron chi connectivity index (χ3n) is 5.05. The maximum atomic E-state index is 2.24. The minimum absolute atomic E-state index is 1.24. The molecule has 0 spiro atoms. The second-order valence-electron chi connectivity index (χ2n) is 6.93. The van der Waals surface area contributed by atoms with Crippen LogP contribution in [0.1, 0.15) is 6.92 Å². The van der Waals surface area contributed by atoms with Crippen LogP contribution in [0.3, 0.4) is 0 Å². The molecule has 0 fully saturated rings. The van der Waals surface area contributed by atoms with Crippen LogP contribution < -0.4 is 0 Å². The molecule has 0 amide bonds. The average Bonchev–Trinajstić information content (AvgIpc) is 3.33. The summed E-state index contributed by atoms with van der Waals surface area (Å²) in [5, 5.41) is 10.8. The largest absolute Gasteiger partial charge is 0.126 e. The standard InChI is InChI=1S/2C13H9.C2H4.Hf/c2*1-3-7-12-10(5-1)9-11-6-2-4-8-13(11)12;1-2;/h2*1-9H;1H,2H3;/q2*-1;;+2. The number of hydrogen-bond acceptors (Lipinski definition) is 0. The summed E-state index contributed by atoms with van der Waals surface area (Å²) < 4.78 is 2.14. The van der Waals surface area contributed by atoms with E-state index < -0.39 is 0 Å². The number of rotatable bonds is 0. The predicted octanol–water partition coefficient (Wildman–Crippen LogP) is 7.78. The van der Waals surface area contributed by atoms with Crippen LogP contribution in [0.4, 0.5) is 0 Å². The zero-order valence-corrected chi connectivity index (χ0v) is 20.1. The van der Waals surface area contributed by atoms with Crippen molar-refractivity contribution in [2.45, 2.75) is 6.92 Å². The maximum absolute atomic E-state index is 2.24. The first-order valence-corrected chi connectivity index (χ1v) is 11.9. The van der Waals surface area contributed by atoms with Crippen molar-refractivity contribution in [2.24, 2.45) is 0 Å². The molecule has 0 saturated carbocycles. The van der Waals surface area contributed by atoms with Crippen molar-refractivity contribution >= 4 is 46.8 Å². The smallest absolute Gasteiger partial charge is 0.0771 e. The fourth-order valence-corrected chi connectivity index (χ4v) is 3.81. The third-order valence-corrected chi connectivity index (χ3v) is 5.05. The van der Waals surface area contributed by atoms with Gasteiger partial charge in [0.2, 0.25) is 0 Å². The Morgan fingerprint density at radius 3 is 0.931 bits per heavy atom. The van der Waals surface area contributed by atoms with Crippen LogP contribution in [0.2, 0.25) is 0 Å². The van der Waals surface area contributed by atoms with E-state index in [9.17, 15) is 0 Å². The molecule has 0 aliphatic heterocycles. The Kier molecular flexibility index (Phi) is 6.27. The van der Waals surface area contributed by atoms with Crippen LogP contribution in [0.5, 0.6) is 0 Å². The quantitative estimate of drug-likeness (QED) is 0.137. The second kappa shape index (κ2) is 9.24. The number of fused-ring (bicyclic) bond motifs is 6. The molecule has 29 heavy (non-hydrogen) atoms. The fourth-order valence-electron chi connectivity index (χ4n) is 3.81. The fraction of sp³-hybridized carbons (Fsp3) is 0.0357. The summed E-state index contributed by atoms with van der Waals surface area (Å²) >= 11 is 1.24. The van der Waals surface area contributed by atoms with E-state index in [1.807, 2.05) is 0 Å². The molecule has 0 saturated heterocycles. The van der Waals surface area contributed by atoms with E-state index in [2.05, 4.69) is 120 Å². The molecule has 0 atom stereocenters. The van der Waals surface area contributed by atoms with Crippen molar-refractivity contribution in [2.75, 3.05) is 0 Å². The summed E-state index contributed by atoms with van der Waals surface area (Å²) in [5.74, 6) is 0. The van der Waals surface area contributed by atoms with Gasteiger partial charge in [-0.25, -0.2) is 0 Å². The van der Waals surface area contributed by atoms with Crippen LogP contribution in [-0.4, -0.2) is 3.76 Å². The first-order chi connectivity index (χ1) is 14.3. The van der Waals surface area contributed by atoms with Crippen LogP contribution in [-0.2, 0) is 23.9 Å². The Balaban J connectivity index is 0.000000125. The monoisotopic (exact) mass is 538 g/mol. The molecule has 0 heterocycles. The summed E-state index contributed by atoms with van der Waals surface area (Å²) in [5.41, 5.74) is 0. The zero-order chi connectivity index (χ0) is 20.1. The SMILES string of the molecule is C[CH]=[Hf+2].c1ccc2c(c1)[cH-]c1ccccc12.c1ccc2c(c1)[cH-]c1ccccc12. The van der Waals surface area contributed by atoms with Crippen molar-refractivity contribution in [1.29, 1.82) is 0 Å². The molecule has 0 nitrogen and oxygen atoms in total. The zero-order valence-electron chi connectivity index (χ0n) is 16.5. The third kappa shape index (κ3) is 4.21. The molecule has 0 aromatic heterocycles. The second-order valence-corrected chi connectivity index (χ2v) is 9.00. The molecule has 6 aromatic rings. The van der Waals surface area contributed by atoms with Gasteiger partial charge in [0.15, 0.2) is 0 Å². The minimum Gasteiger partial charge on any atom is -0.126 e. The van der Waals surface area contributed by atoms with Crippen molar-refractivity contribution < 1.29 is 23.9 Å². The van der Waals surface area contributed by atoms with E-state index in [0.29, 0.717) is 0 Å². The van der Waals surface area contributed by atoms with Gasteiger partial charge in [0.05, 0.1) is 0 Å². The first kappa shape index (κ1) is 19.7. The molecular formula is C28H22Hf. The van der Waals surface area contributed by atoms with Gasteiger partial charge in [-0.15, -0.1) is 79.5 Å². The van der Waals surface area contributed by atoms with Crippen LogP contribution in [0.15, 0.2) is 109 Å². The Hall–Kier alpha value is -2.64. The van der Waals surface area contributed by atoms with Gasteiger partial charge >= 0.3 is 34.6 Å². The van der Waals surface area contributed by atoms with Gasteiger partial charge in [-0.1, -0.05) is 72.8 Å². The molecule has 6 aromatic carbocycles. The van der Waals surface area contributed by atoms with Crippen LogP contribution in [0, 0.1) is 0 Å². The number of hydrogen-bond donors (Lipinski definition) is 0. The Bertz CT molecular complexity index is 1170. The van der Waals surface area contributed by atoms with Gasteiger partial charge in [0.1, 0.15) is 0 Å². The van der Waals surface area contributed by atoms with Gasteiger partial charge < -0.3 is 0 Å². The van der Waals surface area contributed by atoms with E-state index in [-0.39, 0.29) is 0 Å². The van der Waals surface area contributed by atoms with Crippen molar-refractivity contribution in [1.82, 2.24) is 0 Å². The first-order valence-electron chi connectivity index (χ1n) is 9.83. The topological polar surface area (TPSA) is 0 Å². The van der Waals surface area contributed by atoms with Crippen molar-refractivity contribution in [3.63, 3.8) is 0 Å². The van der Waals surface area contributed by atoms with Crippen LogP contribution in [0.25, 0.3) is 43.1 Å². The summed E-state index contributed by atoms with van der Waals surface area (Å²) in [7, 11) is 0. The molecule has 138 valence electrons. The van der Waals surface area contributed by atoms with Crippen molar-refractivity contribution in [3.8, 4) is 0 Å². The molecule has 0 unspecified atom stereocenters. The van der Waals surface area contributed by atoms with E-state index >= 15 is 0 Å². The van der Waals surface area contributed by atoms with Gasteiger partial charge in [-0.3, -0.25) is 0 Å². The Morgan fingerprint density at radius 2 is 0.690 bits per heavy atom. The summed E-state index contributed by atoms with van der Waals surface area (Å²) in [4.78, 5) is 0. The van der Waals surface area contributed by atoms with Gasteiger partial charge in [0.25, 0.3) is 0 Å². The average molecular weight is 537 g/mol. The normalized spacial score (nSPS) is 10.4. The van der Waals surface area contributed by atoms with Crippen molar-refractivity contribution in [3.05, 3.63) is 109 Å². The van der Waals surface area contributed by atoms with E-state index in [0.717, 1.165) is 0 Å². The van der Waals surface area contributed by atoms with Crippen LogP contribution >= 0.6 is 0 Å². The predicted molar refractivity (Wildman–Crippen MR) is 126 cm³/mol. The summed E-state index contributed by atoms with van der Waals surface area (Å²) in [6, 6.07) is 38.5. The maximum Gasteiger partial charge on any atom is -0.0771 e. The van der Waals surface area contributed by atoms with Gasteiger partial charge in [0, 0.05) is 0 Å². The summed E-state index contributed by atoms with van der Waals surface area (Å²) in [6.07, 6.45) is 0. The van der Waals surface area contributed by atoms with Gasteiger partial charge in [-0.05, 0) is 0 Å². The van der Waals surface area contributed by atoms with E-state index in [1.54, 1.807) is 0 Å². The van der Waals surface area contributed by atoms with E-state index in [1.165, 1.54) is 67.0 Å². The molecule has 0 aliphatic carbocycles. The molecule has 0 aliphatic rings. The Morgan fingerprint density at radius 1 is 0.483 bits per heavy atom. The molecule has 0 radical (unpaired) electrons. The molecule has 1 heteroatoms. The van der Waals surface area contributed by atoms with E-state index in [4.69, 9.17) is 0 Å². The number of benzene rings is 4. The Labute approximate surface area is 186 Å². The molecule has 6 rings (SSSR count). The van der Waals surface area contributed by atoms with Gasteiger partial charge in [-0.2, -0.15) is 0 Å².